The number of aromatic nitrogens is 2. The minimum atomic E-state index is -3.50. The monoisotopic (exact) mass is 475 g/mol. The van der Waals surface area contributed by atoms with E-state index in [9.17, 15) is 13.2 Å². The smallest absolute Gasteiger partial charge is 0.318 e. The van der Waals surface area contributed by atoms with E-state index in [1.165, 1.54) is 0 Å². The van der Waals surface area contributed by atoms with Crippen LogP contribution in [0.4, 0.5) is 16.3 Å². The summed E-state index contributed by atoms with van der Waals surface area (Å²) in [5.74, 6) is 1.10. The van der Waals surface area contributed by atoms with Crippen LogP contribution in [0.2, 0.25) is 0 Å². The zero-order valence-corrected chi connectivity index (χ0v) is 20.9. The van der Waals surface area contributed by atoms with Gasteiger partial charge in [-0.2, -0.15) is 0 Å². The van der Waals surface area contributed by atoms with Crippen LogP contribution in [-0.4, -0.2) is 62.5 Å². The predicted molar refractivity (Wildman–Crippen MR) is 130 cm³/mol. The first kappa shape index (κ1) is 24.9. The predicted octanol–water partition coefficient (Wildman–Crippen LogP) is 3.18. The van der Waals surface area contributed by atoms with Crippen LogP contribution in [0, 0.1) is 0 Å². The number of morpholine rings is 1. The van der Waals surface area contributed by atoms with Crippen LogP contribution in [0.1, 0.15) is 40.3 Å². The first-order valence-electron chi connectivity index (χ1n) is 11.0. The van der Waals surface area contributed by atoms with Crippen LogP contribution < -0.4 is 15.5 Å². The molecule has 2 amide bonds. The van der Waals surface area contributed by atoms with Crippen molar-refractivity contribution in [3.63, 3.8) is 0 Å². The summed E-state index contributed by atoms with van der Waals surface area (Å²) < 4.78 is 30.7. The van der Waals surface area contributed by atoms with Gasteiger partial charge >= 0.3 is 6.03 Å². The highest BCUT2D eigenvalue weighted by Crippen LogP contribution is 2.35. The molecular formula is C23H33N5O4S. The van der Waals surface area contributed by atoms with Crippen molar-refractivity contribution < 1.29 is 17.9 Å². The molecule has 1 aliphatic rings. The molecule has 0 aliphatic carbocycles. The summed E-state index contributed by atoms with van der Waals surface area (Å²) in [5.41, 5.74) is 1.79. The molecule has 0 spiro atoms. The molecule has 2 aromatic rings. The van der Waals surface area contributed by atoms with Crippen LogP contribution in [0.5, 0.6) is 0 Å². The molecule has 2 heterocycles. The number of nitrogens with zero attached hydrogens (tertiary/aromatic N) is 3. The van der Waals surface area contributed by atoms with E-state index in [1.807, 2.05) is 0 Å². The molecule has 3 rings (SSSR count). The zero-order valence-electron chi connectivity index (χ0n) is 20.0. The number of hydrogen-bond donors (Lipinski definition) is 2. The Morgan fingerprint density at radius 3 is 2.45 bits per heavy atom. The number of ether oxygens (including phenoxy) is 1. The van der Waals surface area contributed by atoms with Crippen molar-refractivity contribution in [2.24, 2.45) is 0 Å². The fourth-order valence-corrected chi connectivity index (χ4v) is 5.29. The molecule has 0 saturated carbocycles. The molecule has 0 unspecified atom stereocenters. The van der Waals surface area contributed by atoms with Crippen molar-refractivity contribution >= 4 is 27.4 Å². The summed E-state index contributed by atoms with van der Waals surface area (Å²) in [7, 11) is -1.95. The SMILES string of the molecule is CNC(=O)Nc1ccc(-c2nc(N3CCOC[C@@H]3C)cc(C(C)(C)S(=O)(=O)C(C)C)n2)cc1. The van der Waals surface area contributed by atoms with Gasteiger partial charge in [-0.15, -0.1) is 0 Å². The zero-order chi connectivity index (χ0) is 24.4. The van der Waals surface area contributed by atoms with Gasteiger partial charge in [0.1, 0.15) is 10.6 Å². The Hall–Kier alpha value is -2.72. The number of benzene rings is 1. The van der Waals surface area contributed by atoms with Gasteiger partial charge in [0.25, 0.3) is 0 Å². The third-order valence-electron chi connectivity index (χ3n) is 5.95. The van der Waals surface area contributed by atoms with Crippen LogP contribution in [0.3, 0.4) is 0 Å². The van der Waals surface area contributed by atoms with Gasteiger partial charge in [0.15, 0.2) is 15.7 Å². The summed E-state index contributed by atoms with van der Waals surface area (Å²) >= 11 is 0. The van der Waals surface area contributed by atoms with E-state index in [4.69, 9.17) is 14.7 Å². The number of amides is 2. The molecule has 1 saturated heterocycles. The number of anilines is 2. The Kier molecular flexibility index (Phi) is 7.28. The van der Waals surface area contributed by atoms with Crippen molar-refractivity contribution in [1.29, 1.82) is 0 Å². The lowest BCUT2D eigenvalue weighted by Gasteiger charge is -2.35. The van der Waals surface area contributed by atoms with Crippen molar-refractivity contribution in [3.05, 3.63) is 36.0 Å². The lowest BCUT2D eigenvalue weighted by molar-refractivity contribution is 0.0985. The van der Waals surface area contributed by atoms with Crippen molar-refractivity contribution in [1.82, 2.24) is 15.3 Å². The van der Waals surface area contributed by atoms with Gasteiger partial charge in [0.2, 0.25) is 0 Å². The summed E-state index contributed by atoms with van der Waals surface area (Å²) in [4.78, 5) is 23.2. The summed E-state index contributed by atoms with van der Waals surface area (Å²) in [5, 5.41) is 4.67. The molecule has 10 heteroatoms. The Balaban J connectivity index is 2.11. The molecule has 0 bridgehead atoms. The van der Waals surface area contributed by atoms with E-state index in [0.29, 0.717) is 42.8 Å². The molecule has 1 atom stereocenters. The average Bonchev–Trinajstić information content (AvgIpc) is 2.79. The maximum atomic E-state index is 13.2. The quantitative estimate of drug-likeness (QED) is 0.660. The van der Waals surface area contributed by atoms with Gasteiger partial charge in [-0.25, -0.2) is 23.2 Å². The highest BCUT2D eigenvalue weighted by atomic mass is 32.2. The van der Waals surface area contributed by atoms with E-state index in [0.717, 1.165) is 5.56 Å². The number of urea groups is 1. The van der Waals surface area contributed by atoms with Crippen LogP contribution in [0.25, 0.3) is 11.4 Å². The fraction of sp³-hybridized carbons (Fsp3) is 0.522. The summed E-state index contributed by atoms with van der Waals surface area (Å²) in [6, 6.07) is 8.69. The molecule has 1 fully saturated rings. The highest BCUT2D eigenvalue weighted by molar-refractivity contribution is 7.92. The van der Waals surface area contributed by atoms with Crippen molar-refractivity contribution in [2.75, 3.05) is 37.0 Å². The molecule has 9 nitrogen and oxygen atoms in total. The van der Waals surface area contributed by atoms with E-state index in [1.54, 1.807) is 65.1 Å². The van der Waals surface area contributed by atoms with Crippen LogP contribution in [0.15, 0.2) is 30.3 Å². The lowest BCUT2D eigenvalue weighted by atomic mass is 10.1. The normalized spacial score (nSPS) is 17.2. The fourth-order valence-electron chi connectivity index (χ4n) is 3.72. The summed E-state index contributed by atoms with van der Waals surface area (Å²) in [6.45, 7) is 10.6. The molecule has 1 aliphatic heterocycles. The third kappa shape index (κ3) is 5.11. The maximum Gasteiger partial charge on any atom is 0.318 e. The van der Waals surface area contributed by atoms with Gasteiger partial charge < -0.3 is 20.3 Å². The molecule has 180 valence electrons. The third-order valence-corrected chi connectivity index (χ3v) is 8.82. The Labute approximate surface area is 195 Å². The number of carbonyl (C=O) groups is 1. The van der Waals surface area contributed by atoms with Crippen LogP contribution in [-0.2, 0) is 19.3 Å². The Morgan fingerprint density at radius 1 is 1.21 bits per heavy atom. The molecule has 1 aromatic heterocycles. The summed E-state index contributed by atoms with van der Waals surface area (Å²) in [6.07, 6.45) is 0. The molecule has 33 heavy (non-hydrogen) atoms. The van der Waals surface area contributed by atoms with Gasteiger partial charge in [-0.1, -0.05) is 0 Å². The largest absolute Gasteiger partial charge is 0.377 e. The molecule has 0 radical (unpaired) electrons. The Bertz CT molecular complexity index is 1100. The first-order chi connectivity index (χ1) is 15.5. The van der Waals surface area contributed by atoms with Gasteiger partial charge in [0.05, 0.1) is 30.2 Å². The molecule has 1 aromatic carbocycles. The van der Waals surface area contributed by atoms with Crippen molar-refractivity contribution in [2.45, 2.75) is 50.7 Å². The standard InChI is InChI=1S/C23H33N5O4S/c1-15(2)33(30,31)23(4,5)19-13-20(28-11-12-32-14-16(28)3)27-21(26-19)17-7-9-18(10-8-17)25-22(29)24-6/h7-10,13,15-16H,11-12,14H2,1-6H3,(H2,24,25,29)/t16-/m0/s1. The average molecular weight is 476 g/mol. The maximum absolute atomic E-state index is 13.2. The lowest BCUT2D eigenvalue weighted by Crippen LogP contribution is -2.44. The molecular weight excluding hydrogens is 442 g/mol. The van der Waals surface area contributed by atoms with Gasteiger partial charge in [-0.3, -0.25) is 0 Å². The first-order valence-corrected chi connectivity index (χ1v) is 12.6. The minimum absolute atomic E-state index is 0.0956. The number of rotatable bonds is 6. The van der Waals surface area contributed by atoms with Crippen LogP contribution >= 0.6 is 0 Å². The second-order valence-electron chi connectivity index (χ2n) is 8.94. The van der Waals surface area contributed by atoms with E-state index >= 15 is 0 Å². The van der Waals surface area contributed by atoms with Gasteiger partial charge in [-0.05, 0) is 58.9 Å². The van der Waals surface area contributed by atoms with E-state index < -0.39 is 19.8 Å². The number of hydrogen-bond acceptors (Lipinski definition) is 7. The van der Waals surface area contributed by atoms with Gasteiger partial charge in [0, 0.05) is 30.9 Å². The topological polar surface area (TPSA) is 114 Å². The van der Waals surface area contributed by atoms with E-state index in [2.05, 4.69) is 22.5 Å². The minimum Gasteiger partial charge on any atom is -0.377 e. The molecule has 2 N–H and O–H groups in total. The van der Waals surface area contributed by atoms with Crippen molar-refractivity contribution in [3.8, 4) is 11.4 Å². The second-order valence-corrected chi connectivity index (χ2v) is 12.0. The second kappa shape index (κ2) is 9.64. The Morgan fingerprint density at radius 2 is 1.88 bits per heavy atom. The van der Waals surface area contributed by atoms with E-state index in [-0.39, 0.29) is 12.1 Å². The number of carbonyl (C=O) groups excluding carboxylic acids is 1. The number of sulfone groups is 1. The highest BCUT2D eigenvalue weighted by Gasteiger charge is 2.40. The number of nitrogens with one attached hydrogen (secondary N) is 2.